The Hall–Kier alpha value is -1.96. The van der Waals surface area contributed by atoms with Crippen molar-refractivity contribution in [1.82, 2.24) is 19.5 Å². The number of terminal acetylenes is 1. The van der Waals surface area contributed by atoms with Gasteiger partial charge in [-0.1, -0.05) is 5.92 Å². The lowest BCUT2D eigenvalue weighted by Crippen LogP contribution is -2.47. The number of ether oxygens (including phenoxy) is 1. The largest absolute Gasteiger partial charge is 0.394 e. The summed E-state index contributed by atoms with van der Waals surface area (Å²) in [4.78, 5) is 11.8. The van der Waals surface area contributed by atoms with E-state index in [1.54, 1.807) is 0 Å². The van der Waals surface area contributed by atoms with Gasteiger partial charge in [-0.2, -0.15) is 9.97 Å². The van der Waals surface area contributed by atoms with Gasteiger partial charge in [0.25, 0.3) is 0 Å². The third kappa shape index (κ3) is 1.93. The monoisotopic (exact) mass is 325 g/mol. The average Bonchev–Trinajstić information content (AvgIpc) is 3.00. The summed E-state index contributed by atoms with van der Waals surface area (Å²) in [5.74, 6) is 2.12. The highest BCUT2D eigenvalue weighted by Crippen LogP contribution is 2.38. The van der Waals surface area contributed by atoms with Crippen molar-refractivity contribution in [1.29, 1.82) is 0 Å². The second-order valence-corrected chi connectivity index (χ2v) is 5.15. The van der Waals surface area contributed by atoms with Gasteiger partial charge in [0.15, 0.2) is 23.3 Å². The molecule has 1 aliphatic rings. The van der Waals surface area contributed by atoms with Crippen molar-refractivity contribution in [2.75, 3.05) is 12.3 Å². The molecule has 3 heterocycles. The third-order valence-electron chi connectivity index (χ3n) is 3.61. The number of nitrogens with two attached hydrogens (primary N) is 1. The Morgan fingerprint density at radius 3 is 2.86 bits per heavy atom. The Balaban J connectivity index is 2.11. The number of rotatable bonds is 2. The summed E-state index contributed by atoms with van der Waals surface area (Å²) in [7, 11) is 0. The highest BCUT2D eigenvalue weighted by Gasteiger charge is 2.55. The van der Waals surface area contributed by atoms with Gasteiger partial charge < -0.3 is 25.8 Å². The van der Waals surface area contributed by atoms with Crippen LogP contribution in [-0.2, 0) is 4.74 Å². The molecule has 5 N–H and O–H groups in total. The van der Waals surface area contributed by atoms with E-state index in [0.717, 1.165) is 0 Å². The maximum Gasteiger partial charge on any atom is 0.226 e. The number of imidazole rings is 1. The van der Waals surface area contributed by atoms with Crippen LogP contribution in [0.1, 0.15) is 6.23 Å². The van der Waals surface area contributed by atoms with E-state index in [-0.39, 0.29) is 22.3 Å². The SMILES string of the molecule is C#CC1(O)C(O)C(n2cnc3c(N)nc(Cl)nc32)O[C@@H]1CO. The van der Waals surface area contributed by atoms with E-state index in [1.165, 1.54) is 10.9 Å². The van der Waals surface area contributed by atoms with Gasteiger partial charge in [0.2, 0.25) is 5.28 Å². The molecule has 2 aromatic rings. The zero-order chi connectivity index (χ0) is 16.1. The number of hydrogen-bond donors (Lipinski definition) is 4. The van der Waals surface area contributed by atoms with Crippen LogP contribution in [-0.4, -0.2) is 59.3 Å². The summed E-state index contributed by atoms with van der Waals surface area (Å²) in [6.45, 7) is -0.571. The third-order valence-corrected chi connectivity index (χ3v) is 3.78. The Kier molecular flexibility index (Phi) is 3.43. The van der Waals surface area contributed by atoms with E-state index < -0.39 is 30.6 Å². The van der Waals surface area contributed by atoms with Crippen LogP contribution in [0.15, 0.2) is 6.33 Å². The molecule has 22 heavy (non-hydrogen) atoms. The molecule has 4 atom stereocenters. The van der Waals surface area contributed by atoms with Crippen molar-refractivity contribution in [2.24, 2.45) is 0 Å². The molecule has 10 heteroatoms. The lowest BCUT2D eigenvalue weighted by Gasteiger charge is -2.23. The molecular formula is C12H12ClN5O4. The first kappa shape index (κ1) is 15.0. The number of anilines is 1. The molecule has 1 aliphatic heterocycles. The molecule has 0 aromatic carbocycles. The summed E-state index contributed by atoms with van der Waals surface area (Å²) in [6.07, 6.45) is 2.77. The molecule has 3 rings (SSSR count). The molecule has 9 nitrogen and oxygen atoms in total. The smallest absolute Gasteiger partial charge is 0.226 e. The summed E-state index contributed by atoms with van der Waals surface area (Å²) in [5.41, 5.74) is 4.13. The predicted molar refractivity (Wildman–Crippen MR) is 75.5 cm³/mol. The fourth-order valence-electron chi connectivity index (χ4n) is 2.43. The summed E-state index contributed by atoms with van der Waals surface area (Å²) in [6, 6.07) is 0. The molecule has 3 unspecified atom stereocenters. The van der Waals surface area contributed by atoms with Crippen LogP contribution in [0.4, 0.5) is 5.82 Å². The van der Waals surface area contributed by atoms with E-state index in [4.69, 9.17) is 28.5 Å². The number of aliphatic hydroxyl groups is 3. The molecular weight excluding hydrogens is 314 g/mol. The normalized spacial score (nSPS) is 31.5. The Labute approximate surface area is 129 Å². The first-order valence-electron chi connectivity index (χ1n) is 6.22. The van der Waals surface area contributed by atoms with Crippen LogP contribution in [0.2, 0.25) is 5.28 Å². The van der Waals surface area contributed by atoms with Crippen molar-refractivity contribution in [2.45, 2.75) is 24.0 Å². The fourth-order valence-corrected chi connectivity index (χ4v) is 2.60. The summed E-state index contributed by atoms with van der Waals surface area (Å²) in [5, 5.41) is 29.8. The Bertz CT molecular complexity index is 775. The number of fused-ring (bicyclic) bond motifs is 1. The van der Waals surface area contributed by atoms with Gasteiger partial charge in [-0.05, 0) is 11.6 Å². The summed E-state index contributed by atoms with van der Waals surface area (Å²) >= 11 is 5.77. The fraction of sp³-hybridized carbons (Fsp3) is 0.417. The first-order chi connectivity index (χ1) is 10.4. The van der Waals surface area contributed by atoms with Gasteiger partial charge in [-0.15, -0.1) is 6.42 Å². The molecule has 0 radical (unpaired) electrons. The standard InChI is InChI=1S/C12H12ClN5O4/c1-2-12(21)5(3-19)22-10(7(12)20)18-4-15-6-8(14)16-11(13)17-9(6)18/h1,4-5,7,10,19-21H,3H2,(H2,14,16,17)/t5-,7?,10?,12?/m1/s1. The second kappa shape index (κ2) is 5.05. The van der Waals surface area contributed by atoms with Crippen LogP contribution in [0.3, 0.4) is 0 Å². The van der Waals surface area contributed by atoms with E-state index in [1.807, 2.05) is 0 Å². The van der Waals surface area contributed by atoms with Gasteiger partial charge in [-0.3, -0.25) is 4.57 Å². The Morgan fingerprint density at radius 2 is 2.27 bits per heavy atom. The van der Waals surface area contributed by atoms with Crippen molar-refractivity contribution < 1.29 is 20.1 Å². The van der Waals surface area contributed by atoms with Crippen LogP contribution in [0.5, 0.6) is 0 Å². The van der Waals surface area contributed by atoms with Crippen LogP contribution in [0, 0.1) is 12.3 Å². The van der Waals surface area contributed by atoms with Crippen molar-refractivity contribution in [3.63, 3.8) is 0 Å². The molecule has 0 amide bonds. The van der Waals surface area contributed by atoms with Gasteiger partial charge in [0.1, 0.15) is 17.7 Å². The highest BCUT2D eigenvalue weighted by molar-refractivity contribution is 6.28. The minimum Gasteiger partial charge on any atom is -0.394 e. The Morgan fingerprint density at radius 1 is 1.55 bits per heavy atom. The predicted octanol–water partition coefficient (Wildman–Crippen LogP) is -1.32. The quantitative estimate of drug-likeness (QED) is 0.393. The molecule has 0 saturated carbocycles. The van der Waals surface area contributed by atoms with Crippen molar-refractivity contribution in [3.05, 3.63) is 11.6 Å². The lowest BCUT2D eigenvalue weighted by atomic mass is 9.93. The average molecular weight is 326 g/mol. The van der Waals surface area contributed by atoms with Gasteiger partial charge in [0.05, 0.1) is 12.9 Å². The van der Waals surface area contributed by atoms with Crippen molar-refractivity contribution in [3.8, 4) is 12.3 Å². The van der Waals surface area contributed by atoms with E-state index in [0.29, 0.717) is 0 Å². The number of nitrogens with zero attached hydrogens (tertiary/aromatic N) is 4. The molecule has 0 bridgehead atoms. The van der Waals surface area contributed by atoms with Crippen molar-refractivity contribution >= 4 is 28.6 Å². The van der Waals surface area contributed by atoms with Gasteiger partial charge in [0, 0.05) is 0 Å². The minimum absolute atomic E-state index is 0.0622. The van der Waals surface area contributed by atoms with E-state index in [9.17, 15) is 15.3 Å². The zero-order valence-electron chi connectivity index (χ0n) is 11.1. The lowest BCUT2D eigenvalue weighted by molar-refractivity contribution is -0.0605. The highest BCUT2D eigenvalue weighted by atomic mass is 35.5. The maximum atomic E-state index is 10.3. The van der Waals surface area contributed by atoms with Crippen LogP contribution in [0.25, 0.3) is 11.2 Å². The maximum absolute atomic E-state index is 10.3. The number of aromatic nitrogens is 4. The molecule has 1 saturated heterocycles. The molecule has 0 aliphatic carbocycles. The molecule has 0 spiro atoms. The van der Waals surface area contributed by atoms with E-state index in [2.05, 4.69) is 20.9 Å². The number of aliphatic hydroxyl groups excluding tert-OH is 2. The first-order valence-corrected chi connectivity index (χ1v) is 6.60. The zero-order valence-corrected chi connectivity index (χ0v) is 11.8. The number of halogens is 1. The van der Waals surface area contributed by atoms with E-state index >= 15 is 0 Å². The second-order valence-electron chi connectivity index (χ2n) is 4.81. The molecule has 2 aromatic heterocycles. The topological polar surface area (TPSA) is 140 Å². The molecule has 1 fully saturated rings. The van der Waals surface area contributed by atoms with Crippen LogP contribution < -0.4 is 5.73 Å². The number of nitrogen functional groups attached to an aromatic ring is 1. The van der Waals surface area contributed by atoms with Crippen LogP contribution >= 0.6 is 11.6 Å². The van der Waals surface area contributed by atoms with Gasteiger partial charge >= 0.3 is 0 Å². The molecule has 116 valence electrons. The minimum atomic E-state index is -2.04. The summed E-state index contributed by atoms with van der Waals surface area (Å²) < 4.78 is 6.77. The van der Waals surface area contributed by atoms with Gasteiger partial charge in [-0.25, -0.2) is 4.98 Å². The number of hydrogen-bond acceptors (Lipinski definition) is 8.